The molecule has 0 unspecified atom stereocenters. The summed E-state index contributed by atoms with van der Waals surface area (Å²) in [4.78, 5) is 5.21. The normalized spacial score (nSPS) is 21.4. The van der Waals surface area contributed by atoms with Gasteiger partial charge in [-0.1, -0.05) is 0 Å². The summed E-state index contributed by atoms with van der Waals surface area (Å²) >= 11 is 1.36. The Kier molecular flexibility index (Phi) is 3.70. The third-order valence-electron chi connectivity index (χ3n) is 2.82. The number of hydrogen-bond donors (Lipinski definition) is 1. The van der Waals surface area contributed by atoms with Gasteiger partial charge in [-0.15, -0.1) is 11.3 Å². The van der Waals surface area contributed by atoms with Crippen molar-refractivity contribution >= 4 is 26.5 Å². The van der Waals surface area contributed by atoms with Crippen LogP contribution in [0.25, 0.3) is 0 Å². The van der Waals surface area contributed by atoms with Crippen LogP contribution in [0.3, 0.4) is 0 Å². The summed E-state index contributed by atoms with van der Waals surface area (Å²) in [6, 6.07) is 0. The SMILES string of the molecule is Cc1nc(NS(=O)(=O)[C@@H]2CCCOC2)sc1C. The Bertz CT molecular complexity index is 470. The molecular formula is C10H16N2O3S2. The molecule has 1 atom stereocenters. The van der Waals surface area contributed by atoms with Crippen LogP contribution in [0.4, 0.5) is 5.13 Å². The van der Waals surface area contributed by atoms with Crippen LogP contribution in [-0.2, 0) is 14.8 Å². The molecule has 1 aromatic rings. The highest BCUT2D eigenvalue weighted by Gasteiger charge is 2.28. The molecule has 0 aromatic carbocycles. The second-order valence-electron chi connectivity index (χ2n) is 4.15. The number of anilines is 1. The Morgan fingerprint density at radius 2 is 2.24 bits per heavy atom. The molecule has 1 aliphatic rings. The van der Waals surface area contributed by atoms with Crippen LogP contribution in [0.5, 0.6) is 0 Å². The highest BCUT2D eigenvalue weighted by Crippen LogP contribution is 2.24. The van der Waals surface area contributed by atoms with Crippen molar-refractivity contribution in [3.63, 3.8) is 0 Å². The number of hydrogen-bond acceptors (Lipinski definition) is 5. The molecule has 0 saturated carbocycles. The molecule has 96 valence electrons. The average molecular weight is 276 g/mol. The van der Waals surface area contributed by atoms with Gasteiger partial charge in [0.05, 0.1) is 12.3 Å². The number of sulfonamides is 1. The number of aromatic nitrogens is 1. The number of aryl methyl sites for hydroxylation is 2. The summed E-state index contributed by atoms with van der Waals surface area (Å²) in [6.45, 7) is 4.72. The van der Waals surface area contributed by atoms with Crippen LogP contribution in [0.1, 0.15) is 23.4 Å². The van der Waals surface area contributed by atoms with E-state index >= 15 is 0 Å². The lowest BCUT2D eigenvalue weighted by Gasteiger charge is -2.21. The minimum absolute atomic E-state index is 0.276. The zero-order valence-electron chi connectivity index (χ0n) is 9.89. The van der Waals surface area contributed by atoms with Gasteiger partial charge >= 0.3 is 0 Å². The highest BCUT2D eigenvalue weighted by atomic mass is 32.2. The quantitative estimate of drug-likeness (QED) is 0.912. The van der Waals surface area contributed by atoms with E-state index < -0.39 is 15.3 Å². The molecule has 2 rings (SSSR count). The number of thiazole rings is 1. The molecule has 5 nitrogen and oxygen atoms in total. The molecule has 1 fully saturated rings. The summed E-state index contributed by atoms with van der Waals surface area (Å²) in [5, 5.41) is -0.00802. The van der Waals surface area contributed by atoms with E-state index in [9.17, 15) is 8.42 Å². The van der Waals surface area contributed by atoms with Gasteiger partial charge in [0.25, 0.3) is 0 Å². The lowest BCUT2D eigenvalue weighted by atomic mass is 10.2. The monoisotopic (exact) mass is 276 g/mol. The van der Waals surface area contributed by atoms with Gasteiger partial charge < -0.3 is 4.74 Å². The lowest BCUT2D eigenvalue weighted by Crippen LogP contribution is -2.35. The number of nitrogens with one attached hydrogen (secondary N) is 1. The number of rotatable bonds is 3. The smallest absolute Gasteiger partial charge is 0.239 e. The van der Waals surface area contributed by atoms with Crippen LogP contribution in [0.2, 0.25) is 0 Å². The molecule has 2 heterocycles. The highest BCUT2D eigenvalue weighted by molar-refractivity contribution is 7.93. The van der Waals surface area contributed by atoms with E-state index in [2.05, 4.69) is 9.71 Å². The van der Waals surface area contributed by atoms with E-state index in [1.165, 1.54) is 11.3 Å². The Labute approximate surface area is 105 Å². The van der Waals surface area contributed by atoms with Gasteiger partial charge in [-0.05, 0) is 26.7 Å². The Morgan fingerprint density at radius 1 is 1.47 bits per heavy atom. The summed E-state index contributed by atoms with van der Waals surface area (Å²) in [5.41, 5.74) is 0.868. The predicted octanol–water partition coefficient (Wildman–Crippen LogP) is 1.68. The first kappa shape index (κ1) is 12.8. The fourth-order valence-electron chi connectivity index (χ4n) is 1.68. The molecule has 7 heteroatoms. The van der Waals surface area contributed by atoms with Crippen molar-refractivity contribution in [1.29, 1.82) is 0 Å². The maximum Gasteiger partial charge on any atom is 0.239 e. The van der Waals surface area contributed by atoms with E-state index in [1.807, 2.05) is 13.8 Å². The second kappa shape index (κ2) is 4.91. The fourth-order valence-corrected chi connectivity index (χ4v) is 4.07. The molecule has 1 saturated heterocycles. The number of ether oxygens (including phenoxy) is 1. The number of nitrogens with zero attached hydrogens (tertiary/aromatic N) is 1. The topological polar surface area (TPSA) is 68.3 Å². The van der Waals surface area contributed by atoms with Crippen molar-refractivity contribution in [2.75, 3.05) is 17.9 Å². The zero-order chi connectivity index (χ0) is 12.5. The van der Waals surface area contributed by atoms with Crippen molar-refractivity contribution in [2.24, 2.45) is 0 Å². The van der Waals surface area contributed by atoms with Crippen LogP contribution >= 0.6 is 11.3 Å². The van der Waals surface area contributed by atoms with Gasteiger partial charge in [0.1, 0.15) is 5.25 Å². The molecule has 0 bridgehead atoms. The Hall–Kier alpha value is -0.660. The molecule has 17 heavy (non-hydrogen) atoms. The van der Waals surface area contributed by atoms with E-state index in [0.717, 1.165) is 17.0 Å². The van der Waals surface area contributed by atoms with Crippen LogP contribution < -0.4 is 4.72 Å². The van der Waals surface area contributed by atoms with Gasteiger partial charge in [0.15, 0.2) is 5.13 Å². The summed E-state index contributed by atoms with van der Waals surface area (Å²) in [7, 11) is -3.37. The Morgan fingerprint density at radius 3 is 2.76 bits per heavy atom. The average Bonchev–Trinajstić information content (AvgIpc) is 2.58. The van der Waals surface area contributed by atoms with Crippen molar-refractivity contribution in [1.82, 2.24) is 4.98 Å². The van der Waals surface area contributed by atoms with Crippen LogP contribution in [-0.4, -0.2) is 31.9 Å². The fraction of sp³-hybridized carbons (Fsp3) is 0.700. The van der Waals surface area contributed by atoms with Gasteiger partial charge in [0, 0.05) is 11.5 Å². The molecule has 0 radical (unpaired) electrons. The van der Waals surface area contributed by atoms with Crippen molar-refractivity contribution in [3.05, 3.63) is 10.6 Å². The second-order valence-corrected chi connectivity index (χ2v) is 7.31. The standard InChI is InChI=1S/C10H16N2O3S2/c1-7-8(2)16-10(11-7)12-17(13,14)9-4-3-5-15-6-9/h9H,3-6H2,1-2H3,(H,11,12)/t9-/m1/s1. The van der Waals surface area contributed by atoms with Crippen LogP contribution in [0.15, 0.2) is 0 Å². The van der Waals surface area contributed by atoms with Gasteiger partial charge in [-0.2, -0.15) is 0 Å². The summed E-state index contributed by atoms with van der Waals surface area (Å²) in [6.07, 6.45) is 1.44. The lowest BCUT2D eigenvalue weighted by molar-refractivity contribution is 0.0992. The van der Waals surface area contributed by atoms with Crippen molar-refractivity contribution in [2.45, 2.75) is 31.9 Å². The summed E-state index contributed by atoms with van der Waals surface area (Å²) < 4.78 is 31.9. The maximum atomic E-state index is 12.1. The van der Waals surface area contributed by atoms with Crippen LogP contribution in [0, 0.1) is 13.8 Å². The van der Waals surface area contributed by atoms with Gasteiger partial charge in [-0.25, -0.2) is 13.4 Å². The molecule has 0 amide bonds. The first-order valence-electron chi connectivity index (χ1n) is 5.52. The molecular weight excluding hydrogens is 260 g/mol. The first-order chi connectivity index (χ1) is 7.99. The largest absolute Gasteiger partial charge is 0.380 e. The first-order valence-corrected chi connectivity index (χ1v) is 7.89. The summed E-state index contributed by atoms with van der Waals surface area (Å²) in [5.74, 6) is 0. The third-order valence-corrected chi connectivity index (χ3v) is 5.66. The van der Waals surface area contributed by atoms with Gasteiger partial charge in [0.2, 0.25) is 10.0 Å². The minimum Gasteiger partial charge on any atom is -0.380 e. The molecule has 0 aliphatic carbocycles. The van der Waals surface area contributed by atoms with Crippen molar-refractivity contribution in [3.8, 4) is 0 Å². The minimum atomic E-state index is -3.37. The van der Waals surface area contributed by atoms with E-state index in [0.29, 0.717) is 18.2 Å². The Balaban J connectivity index is 2.11. The van der Waals surface area contributed by atoms with Crippen molar-refractivity contribution < 1.29 is 13.2 Å². The van der Waals surface area contributed by atoms with E-state index in [-0.39, 0.29) is 6.61 Å². The van der Waals surface area contributed by atoms with Gasteiger partial charge in [-0.3, -0.25) is 4.72 Å². The molecule has 1 aromatic heterocycles. The molecule has 0 spiro atoms. The molecule has 1 aliphatic heterocycles. The van der Waals surface area contributed by atoms with E-state index in [1.54, 1.807) is 0 Å². The van der Waals surface area contributed by atoms with E-state index in [4.69, 9.17) is 4.74 Å². The molecule has 1 N–H and O–H groups in total. The zero-order valence-corrected chi connectivity index (χ0v) is 11.5. The third kappa shape index (κ3) is 2.97. The maximum absolute atomic E-state index is 12.1. The predicted molar refractivity (Wildman–Crippen MR) is 68.0 cm³/mol.